The summed E-state index contributed by atoms with van der Waals surface area (Å²) in [6.07, 6.45) is -0.475. The topological polar surface area (TPSA) is 60.4 Å². The van der Waals surface area contributed by atoms with Gasteiger partial charge in [-0.3, -0.25) is 4.90 Å². The van der Waals surface area contributed by atoms with Crippen molar-refractivity contribution in [1.82, 2.24) is 4.90 Å². The Kier molecular flexibility index (Phi) is 7.14. The molecule has 0 amide bonds. The van der Waals surface area contributed by atoms with Crippen molar-refractivity contribution in [3.8, 4) is 17.2 Å². The predicted molar refractivity (Wildman–Crippen MR) is 107 cm³/mol. The summed E-state index contributed by atoms with van der Waals surface area (Å²) in [6, 6.07) is 13.9. The number of benzene rings is 2. The summed E-state index contributed by atoms with van der Waals surface area (Å²) in [6.45, 7) is 6.36. The van der Waals surface area contributed by atoms with Gasteiger partial charge in [0.25, 0.3) is 0 Å². The number of aliphatic hydroxyl groups is 1. The van der Waals surface area contributed by atoms with Gasteiger partial charge in [0, 0.05) is 19.6 Å². The summed E-state index contributed by atoms with van der Waals surface area (Å²) in [7, 11) is 1.66. The van der Waals surface area contributed by atoms with E-state index in [2.05, 4.69) is 11.0 Å². The zero-order valence-electron chi connectivity index (χ0n) is 16.8. The third-order valence-corrected chi connectivity index (χ3v) is 4.47. The van der Waals surface area contributed by atoms with Crippen molar-refractivity contribution in [1.29, 1.82) is 0 Å². The Hall–Kier alpha value is -2.28. The molecule has 2 aromatic carbocycles. The fraction of sp³-hybridized carbons (Fsp3) is 0.455. The van der Waals surface area contributed by atoms with E-state index in [-0.39, 0.29) is 12.9 Å². The van der Waals surface area contributed by atoms with Crippen molar-refractivity contribution in [3.05, 3.63) is 53.6 Å². The first kappa shape index (κ1) is 20.5. The molecule has 1 aliphatic rings. The third kappa shape index (κ3) is 5.86. The number of hydrogen-bond acceptors (Lipinski definition) is 6. The molecular weight excluding hydrogens is 358 g/mol. The highest BCUT2D eigenvalue weighted by Gasteiger charge is 2.17. The molecule has 0 aliphatic carbocycles. The number of aliphatic hydroxyl groups excluding tert-OH is 1. The lowest BCUT2D eigenvalue weighted by Gasteiger charge is -2.26. The molecule has 0 radical (unpaired) electrons. The average molecular weight is 387 g/mol. The van der Waals surface area contributed by atoms with Crippen molar-refractivity contribution in [2.45, 2.75) is 39.1 Å². The highest BCUT2D eigenvalue weighted by molar-refractivity contribution is 5.44. The molecule has 28 heavy (non-hydrogen) atoms. The van der Waals surface area contributed by atoms with E-state index in [0.29, 0.717) is 26.2 Å². The number of nitrogens with zero attached hydrogens (tertiary/aromatic N) is 1. The van der Waals surface area contributed by atoms with Crippen molar-refractivity contribution in [3.63, 3.8) is 0 Å². The minimum Gasteiger partial charge on any atom is -0.497 e. The van der Waals surface area contributed by atoms with Crippen LogP contribution in [0.25, 0.3) is 0 Å². The summed E-state index contributed by atoms with van der Waals surface area (Å²) in [5, 5.41) is 10.4. The molecule has 0 spiro atoms. The van der Waals surface area contributed by atoms with Crippen LogP contribution in [0.15, 0.2) is 42.5 Å². The molecule has 1 aliphatic heterocycles. The SMILES string of the molecule is COc1cccc(CN(Cc2ccc3c(c2)OCO3)CC(O)COC(C)C)c1. The molecule has 0 aromatic heterocycles. The maximum Gasteiger partial charge on any atom is 0.231 e. The van der Waals surface area contributed by atoms with Gasteiger partial charge in [-0.2, -0.15) is 0 Å². The van der Waals surface area contributed by atoms with Crippen LogP contribution in [0.3, 0.4) is 0 Å². The van der Waals surface area contributed by atoms with Gasteiger partial charge in [0.1, 0.15) is 5.75 Å². The predicted octanol–water partition coefficient (Wildman–Crippen LogP) is 3.21. The first-order chi connectivity index (χ1) is 13.5. The molecule has 152 valence electrons. The molecule has 1 heterocycles. The third-order valence-electron chi connectivity index (χ3n) is 4.47. The number of ether oxygens (including phenoxy) is 4. The first-order valence-electron chi connectivity index (χ1n) is 9.57. The lowest BCUT2D eigenvalue weighted by Crippen LogP contribution is -2.34. The quantitative estimate of drug-likeness (QED) is 0.676. The molecule has 3 rings (SSSR count). The van der Waals surface area contributed by atoms with Gasteiger partial charge >= 0.3 is 0 Å². The fourth-order valence-corrected chi connectivity index (χ4v) is 3.17. The molecule has 0 bridgehead atoms. The van der Waals surface area contributed by atoms with E-state index < -0.39 is 6.10 Å². The first-order valence-corrected chi connectivity index (χ1v) is 9.57. The van der Waals surface area contributed by atoms with Gasteiger partial charge in [-0.1, -0.05) is 18.2 Å². The Labute approximate surface area is 166 Å². The van der Waals surface area contributed by atoms with E-state index in [9.17, 15) is 5.11 Å². The van der Waals surface area contributed by atoms with Crippen molar-refractivity contribution < 1.29 is 24.1 Å². The zero-order chi connectivity index (χ0) is 19.9. The lowest BCUT2D eigenvalue weighted by atomic mass is 10.1. The van der Waals surface area contributed by atoms with Gasteiger partial charge < -0.3 is 24.1 Å². The summed E-state index contributed by atoms with van der Waals surface area (Å²) in [5.41, 5.74) is 2.22. The van der Waals surface area contributed by atoms with E-state index in [4.69, 9.17) is 18.9 Å². The Morgan fingerprint density at radius 2 is 1.79 bits per heavy atom. The van der Waals surface area contributed by atoms with Crippen LogP contribution < -0.4 is 14.2 Å². The molecule has 0 fully saturated rings. The van der Waals surface area contributed by atoms with Crippen molar-refractivity contribution >= 4 is 0 Å². The molecule has 2 aromatic rings. The molecule has 1 N–H and O–H groups in total. The number of rotatable bonds is 10. The standard InChI is InChI=1S/C22H29NO5/c1-16(2)26-14-19(24)13-23(11-17-5-4-6-20(9-17)25-3)12-18-7-8-21-22(10-18)28-15-27-21/h4-10,16,19,24H,11-15H2,1-3H3. The van der Waals surface area contributed by atoms with Crippen LogP contribution in [0.1, 0.15) is 25.0 Å². The Morgan fingerprint density at radius 1 is 1.04 bits per heavy atom. The van der Waals surface area contributed by atoms with Gasteiger partial charge in [-0.25, -0.2) is 0 Å². The summed E-state index contributed by atoms with van der Waals surface area (Å²) < 4.78 is 21.8. The number of fused-ring (bicyclic) bond motifs is 1. The van der Waals surface area contributed by atoms with Crippen LogP contribution in [0, 0.1) is 0 Å². The van der Waals surface area contributed by atoms with Gasteiger partial charge in [-0.15, -0.1) is 0 Å². The van der Waals surface area contributed by atoms with Crippen molar-refractivity contribution in [2.75, 3.05) is 27.1 Å². The van der Waals surface area contributed by atoms with Crippen LogP contribution in [0.2, 0.25) is 0 Å². The molecule has 6 nitrogen and oxygen atoms in total. The molecule has 1 unspecified atom stereocenters. The summed E-state index contributed by atoms with van der Waals surface area (Å²) in [4.78, 5) is 2.20. The van der Waals surface area contributed by atoms with Crippen LogP contribution in [0.5, 0.6) is 17.2 Å². The smallest absolute Gasteiger partial charge is 0.231 e. The minimum absolute atomic E-state index is 0.0929. The molecule has 0 saturated carbocycles. The van der Waals surface area contributed by atoms with Crippen LogP contribution in [-0.4, -0.2) is 49.3 Å². The second kappa shape index (κ2) is 9.78. The molecule has 1 atom stereocenters. The largest absolute Gasteiger partial charge is 0.497 e. The number of hydrogen-bond donors (Lipinski definition) is 1. The normalized spacial score (nSPS) is 13.9. The monoisotopic (exact) mass is 387 g/mol. The van der Waals surface area contributed by atoms with E-state index in [1.807, 2.05) is 50.2 Å². The average Bonchev–Trinajstić information content (AvgIpc) is 3.14. The second-order valence-electron chi connectivity index (χ2n) is 7.24. The van der Waals surface area contributed by atoms with Gasteiger partial charge in [0.05, 0.1) is 25.9 Å². The lowest BCUT2D eigenvalue weighted by molar-refractivity contribution is -0.0106. The molecule has 0 saturated heterocycles. The summed E-state index contributed by atoms with van der Waals surface area (Å²) >= 11 is 0. The van der Waals surface area contributed by atoms with E-state index in [1.54, 1.807) is 7.11 Å². The Bertz CT molecular complexity index is 764. The maximum absolute atomic E-state index is 10.4. The van der Waals surface area contributed by atoms with Crippen LogP contribution in [0.4, 0.5) is 0 Å². The zero-order valence-corrected chi connectivity index (χ0v) is 16.8. The van der Waals surface area contributed by atoms with Crippen LogP contribution >= 0.6 is 0 Å². The van der Waals surface area contributed by atoms with Gasteiger partial charge in [-0.05, 0) is 49.2 Å². The van der Waals surface area contributed by atoms with E-state index in [0.717, 1.165) is 28.4 Å². The Balaban J connectivity index is 1.71. The van der Waals surface area contributed by atoms with Gasteiger partial charge in [0.2, 0.25) is 6.79 Å². The van der Waals surface area contributed by atoms with Crippen molar-refractivity contribution in [2.24, 2.45) is 0 Å². The van der Waals surface area contributed by atoms with E-state index in [1.165, 1.54) is 0 Å². The molecule has 6 heteroatoms. The van der Waals surface area contributed by atoms with E-state index >= 15 is 0 Å². The van der Waals surface area contributed by atoms with Gasteiger partial charge in [0.15, 0.2) is 11.5 Å². The fourth-order valence-electron chi connectivity index (χ4n) is 3.17. The highest BCUT2D eigenvalue weighted by atomic mass is 16.7. The summed E-state index contributed by atoms with van der Waals surface area (Å²) in [5.74, 6) is 2.36. The Morgan fingerprint density at radius 3 is 2.54 bits per heavy atom. The maximum atomic E-state index is 10.4. The number of methoxy groups -OCH3 is 1. The second-order valence-corrected chi connectivity index (χ2v) is 7.24. The minimum atomic E-state index is -0.568. The van der Waals surface area contributed by atoms with Crippen LogP contribution in [-0.2, 0) is 17.8 Å². The highest BCUT2D eigenvalue weighted by Crippen LogP contribution is 2.33. The molecular formula is C22H29NO5.